The average Bonchev–Trinajstić information content (AvgIpc) is 2.79. The van der Waals surface area contributed by atoms with Crippen molar-refractivity contribution in [3.05, 3.63) is 22.1 Å². The quantitative estimate of drug-likeness (QED) is 0.698. The van der Waals surface area contributed by atoms with Crippen LogP contribution in [0, 0.1) is 0 Å². The summed E-state index contributed by atoms with van der Waals surface area (Å²) in [4.78, 5) is 21.5. The van der Waals surface area contributed by atoms with Crippen molar-refractivity contribution in [1.82, 2.24) is 9.78 Å². The Labute approximate surface area is 74.0 Å². The molecule has 0 aliphatic heterocycles. The first kappa shape index (κ1) is 8.10. The van der Waals surface area contributed by atoms with Gasteiger partial charge in [0, 0.05) is 17.7 Å². The summed E-state index contributed by atoms with van der Waals surface area (Å²) < 4.78 is 1.12. The molecule has 1 fully saturated rings. The van der Waals surface area contributed by atoms with Crippen LogP contribution in [0.1, 0.15) is 24.5 Å². The lowest BCUT2D eigenvalue weighted by Crippen LogP contribution is -2.20. The van der Waals surface area contributed by atoms with Crippen LogP contribution < -0.4 is 5.56 Å². The maximum absolute atomic E-state index is 11.2. The van der Waals surface area contributed by atoms with Crippen molar-refractivity contribution in [2.24, 2.45) is 0 Å². The van der Waals surface area contributed by atoms with E-state index >= 15 is 0 Å². The Kier molecular flexibility index (Phi) is 1.72. The zero-order valence-electron chi connectivity index (χ0n) is 6.99. The second kappa shape index (κ2) is 2.76. The molecule has 13 heavy (non-hydrogen) atoms. The van der Waals surface area contributed by atoms with Crippen LogP contribution in [0.4, 0.5) is 0 Å². The molecule has 5 nitrogen and oxygen atoms in total. The van der Waals surface area contributed by atoms with Crippen LogP contribution in [0.15, 0.2) is 10.9 Å². The first-order valence-electron chi connectivity index (χ1n) is 4.18. The Balaban J connectivity index is 2.24. The lowest BCUT2D eigenvalue weighted by molar-refractivity contribution is -0.137. The Morgan fingerprint density at radius 2 is 2.38 bits per heavy atom. The minimum atomic E-state index is -1.01. The SMILES string of the molecule is O=C(O)Cn1[nH]c(C2CC2)cc1=O. The minimum absolute atomic E-state index is 0.260. The van der Waals surface area contributed by atoms with Crippen molar-refractivity contribution < 1.29 is 9.90 Å². The van der Waals surface area contributed by atoms with E-state index in [2.05, 4.69) is 5.10 Å². The van der Waals surface area contributed by atoms with Crippen molar-refractivity contribution in [3.8, 4) is 0 Å². The molecule has 1 aliphatic carbocycles. The molecule has 1 saturated carbocycles. The molecule has 1 aliphatic rings. The molecule has 0 aromatic carbocycles. The van der Waals surface area contributed by atoms with E-state index in [-0.39, 0.29) is 12.1 Å². The Bertz CT molecular complexity index is 386. The highest BCUT2D eigenvalue weighted by molar-refractivity contribution is 5.66. The second-order valence-electron chi connectivity index (χ2n) is 3.30. The number of hydrogen-bond donors (Lipinski definition) is 2. The molecule has 2 N–H and O–H groups in total. The Morgan fingerprint density at radius 1 is 1.69 bits per heavy atom. The molecule has 0 saturated heterocycles. The maximum Gasteiger partial charge on any atom is 0.325 e. The Morgan fingerprint density at radius 3 is 2.92 bits per heavy atom. The zero-order valence-corrected chi connectivity index (χ0v) is 6.99. The standard InChI is InChI=1S/C8H10N2O3/c11-7-3-6(5-1-2-5)9-10(7)4-8(12)13/h3,5,9H,1-2,4H2,(H,12,13). The number of nitrogens with zero attached hydrogens (tertiary/aromatic N) is 1. The summed E-state index contributed by atoms with van der Waals surface area (Å²) in [5.74, 6) is -0.561. The van der Waals surface area contributed by atoms with Gasteiger partial charge >= 0.3 is 5.97 Å². The molecule has 0 radical (unpaired) electrons. The van der Waals surface area contributed by atoms with Gasteiger partial charge < -0.3 is 5.11 Å². The molecule has 70 valence electrons. The predicted octanol–water partition coefficient (Wildman–Crippen LogP) is 0.138. The minimum Gasteiger partial charge on any atom is -0.480 e. The average molecular weight is 182 g/mol. The van der Waals surface area contributed by atoms with E-state index in [0.717, 1.165) is 23.2 Å². The van der Waals surface area contributed by atoms with E-state index in [9.17, 15) is 9.59 Å². The fraction of sp³-hybridized carbons (Fsp3) is 0.500. The summed E-state index contributed by atoms with van der Waals surface area (Å²) in [6.45, 7) is -0.286. The van der Waals surface area contributed by atoms with Crippen molar-refractivity contribution >= 4 is 5.97 Å². The highest BCUT2D eigenvalue weighted by Gasteiger charge is 2.26. The third-order valence-electron chi connectivity index (χ3n) is 2.12. The summed E-state index contributed by atoms with van der Waals surface area (Å²) >= 11 is 0. The normalized spacial score (nSPS) is 16.0. The van der Waals surface area contributed by atoms with Crippen LogP contribution in [0.25, 0.3) is 0 Å². The molecule has 0 amide bonds. The molecule has 1 heterocycles. The summed E-state index contributed by atoms with van der Waals surface area (Å²) in [7, 11) is 0. The molecule has 5 heteroatoms. The van der Waals surface area contributed by atoms with Crippen molar-refractivity contribution in [2.75, 3.05) is 0 Å². The largest absolute Gasteiger partial charge is 0.480 e. The molecule has 2 rings (SSSR count). The number of aromatic amines is 1. The summed E-state index contributed by atoms with van der Waals surface area (Å²) in [5.41, 5.74) is 0.607. The van der Waals surface area contributed by atoms with Crippen LogP contribution in [0.3, 0.4) is 0 Å². The highest BCUT2D eigenvalue weighted by atomic mass is 16.4. The van der Waals surface area contributed by atoms with Gasteiger partial charge in [-0.25, -0.2) is 4.68 Å². The number of hydrogen-bond acceptors (Lipinski definition) is 2. The molecule has 1 aromatic rings. The number of rotatable bonds is 3. The van der Waals surface area contributed by atoms with Crippen LogP contribution in [0.5, 0.6) is 0 Å². The van der Waals surface area contributed by atoms with Gasteiger partial charge in [0.25, 0.3) is 5.56 Å². The second-order valence-corrected chi connectivity index (χ2v) is 3.30. The fourth-order valence-corrected chi connectivity index (χ4v) is 1.31. The topological polar surface area (TPSA) is 75.1 Å². The van der Waals surface area contributed by atoms with Crippen LogP contribution in [-0.2, 0) is 11.3 Å². The number of H-pyrrole nitrogens is 1. The number of aliphatic carboxylic acids is 1. The van der Waals surface area contributed by atoms with E-state index in [4.69, 9.17) is 5.11 Å². The van der Waals surface area contributed by atoms with Crippen LogP contribution in [-0.4, -0.2) is 20.9 Å². The molecule has 1 aromatic heterocycles. The summed E-state index contributed by atoms with van der Waals surface area (Å²) in [6, 6.07) is 1.49. The van der Waals surface area contributed by atoms with E-state index < -0.39 is 5.97 Å². The van der Waals surface area contributed by atoms with Gasteiger partial charge in [-0.1, -0.05) is 0 Å². The number of carboxylic acid groups (broad SMARTS) is 1. The number of nitrogens with one attached hydrogen (secondary N) is 1. The molecular weight excluding hydrogens is 172 g/mol. The van der Waals surface area contributed by atoms with Crippen molar-refractivity contribution in [1.29, 1.82) is 0 Å². The highest BCUT2D eigenvalue weighted by Crippen LogP contribution is 2.38. The van der Waals surface area contributed by atoms with Gasteiger partial charge in [0.2, 0.25) is 0 Å². The molecule has 0 spiro atoms. The van der Waals surface area contributed by atoms with Gasteiger partial charge in [-0.3, -0.25) is 14.7 Å². The zero-order chi connectivity index (χ0) is 9.42. The molecular formula is C8H10N2O3. The van der Waals surface area contributed by atoms with Crippen molar-refractivity contribution in [3.63, 3.8) is 0 Å². The van der Waals surface area contributed by atoms with Gasteiger partial charge in [0.05, 0.1) is 0 Å². The lowest BCUT2D eigenvalue weighted by atomic mass is 10.3. The van der Waals surface area contributed by atoms with E-state index in [0.29, 0.717) is 5.92 Å². The molecule has 0 bridgehead atoms. The third kappa shape index (κ3) is 1.63. The van der Waals surface area contributed by atoms with E-state index in [1.54, 1.807) is 0 Å². The monoisotopic (exact) mass is 182 g/mol. The Hall–Kier alpha value is -1.52. The first-order valence-corrected chi connectivity index (χ1v) is 4.18. The number of carbonyl (C=O) groups is 1. The van der Waals surface area contributed by atoms with E-state index in [1.807, 2.05) is 0 Å². The number of carboxylic acids is 1. The third-order valence-corrected chi connectivity index (χ3v) is 2.12. The van der Waals surface area contributed by atoms with Gasteiger partial charge in [-0.2, -0.15) is 0 Å². The van der Waals surface area contributed by atoms with E-state index in [1.165, 1.54) is 6.07 Å². The van der Waals surface area contributed by atoms with Crippen LogP contribution >= 0.6 is 0 Å². The number of aromatic nitrogens is 2. The summed E-state index contributed by atoms with van der Waals surface area (Å²) in [6.07, 6.45) is 2.18. The maximum atomic E-state index is 11.2. The van der Waals surface area contributed by atoms with Gasteiger partial charge in [-0.15, -0.1) is 0 Å². The predicted molar refractivity (Wildman–Crippen MR) is 44.7 cm³/mol. The van der Waals surface area contributed by atoms with Gasteiger partial charge in [0.15, 0.2) is 0 Å². The van der Waals surface area contributed by atoms with Crippen molar-refractivity contribution in [2.45, 2.75) is 25.3 Å². The summed E-state index contributed by atoms with van der Waals surface area (Å²) in [5, 5.41) is 11.3. The first-order chi connectivity index (χ1) is 6.16. The fourth-order valence-electron chi connectivity index (χ4n) is 1.31. The molecule has 0 unspecified atom stereocenters. The smallest absolute Gasteiger partial charge is 0.325 e. The van der Waals surface area contributed by atoms with Gasteiger partial charge in [0.1, 0.15) is 6.54 Å². The molecule has 0 atom stereocenters. The van der Waals surface area contributed by atoms with Gasteiger partial charge in [-0.05, 0) is 12.8 Å². The lowest BCUT2D eigenvalue weighted by Gasteiger charge is -1.95. The van der Waals surface area contributed by atoms with Crippen LogP contribution in [0.2, 0.25) is 0 Å².